The molecule has 3 aromatic rings. The number of pyridine rings is 2. The molecular formula is C26H27N3O6. The molecule has 0 saturated carbocycles. The number of fused-ring (bicyclic) bond motifs is 5. The van der Waals surface area contributed by atoms with Crippen molar-refractivity contribution < 1.29 is 24.6 Å². The second-order valence-electron chi connectivity index (χ2n) is 9.92. The maximum Gasteiger partial charge on any atom is 0.343 e. The first-order chi connectivity index (χ1) is 16.5. The van der Waals surface area contributed by atoms with Gasteiger partial charge in [-0.2, -0.15) is 0 Å². The van der Waals surface area contributed by atoms with Crippen molar-refractivity contribution >= 4 is 23.1 Å². The van der Waals surface area contributed by atoms with Gasteiger partial charge in [-0.25, -0.2) is 9.78 Å². The summed E-state index contributed by atoms with van der Waals surface area (Å²) >= 11 is 0. The molecule has 0 spiro atoms. The number of ether oxygens (including phenoxy) is 1. The van der Waals surface area contributed by atoms with Crippen LogP contribution in [-0.4, -0.2) is 37.5 Å². The molecule has 2 aromatic heterocycles. The predicted octanol–water partition coefficient (Wildman–Crippen LogP) is 3.13. The van der Waals surface area contributed by atoms with Crippen molar-refractivity contribution in [2.45, 2.75) is 64.9 Å². The molecule has 9 nitrogen and oxygen atoms in total. The number of cyclic esters (lactones) is 1. The Balaban J connectivity index is 1.61. The molecule has 182 valence electrons. The average Bonchev–Trinajstić information content (AvgIpc) is 3.16. The van der Waals surface area contributed by atoms with Gasteiger partial charge in [-0.1, -0.05) is 12.1 Å². The van der Waals surface area contributed by atoms with Crippen LogP contribution in [0.4, 0.5) is 0 Å². The van der Waals surface area contributed by atoms with Gasteiger partial charge in [0.2, 0.25) is 0 Å². The van der Waals surface area contributed by atoms with E-state index in [1.54, 1.807) is 35.9 Å². The summed E-state index contributed by atoms with van der Waals surface area (Å²) in [7, 11) is 0. The van der Waals surface area contributed by atoms with Gasteiger partial charge >= 0.3 is 5.97 Å². The second kappa shape index (κ2) is 7.91. The normalized spacial score (nSPS) is 18.9. The summed E-state index contributed by atoms with van der Waals surface area (Å²) in [5.74, 6) is -0.632. The third-order valence-electron chi connectivity index (χ3n) is 6.47. The van der Waals surface area contributed by atoms with Crippen molar-refractivity contribution in [3.8, 4) is 17.1 Å². The Morgan fingerprint density at radius 3 is 2.77 bits per heavy atom. The summed E-state index contributed by atoms with van der Waals surface area (Å²) in [5.41, 5.74) is 1.22. The molecule has 4 heterocycles. The lowest BCUT2D eigenvalue weighted by Gasteiger charge is -2.31. The number of esters is 1. The summed E-state index contributed by atoms with van der Waals surface area (Å²) in [6.07, 6.45) is 2.02. The number of benzene rings is 1. The van der Waals surface area contributed by atoms with Crippen molar-refractivity contribution in [2.75, 3.05) is 0 Å². The summed E-state index contributed by atoms with van der Waals surface area (Å²) in [4.78, 5) is 35.8. The number of rotatable bonds is 4. The summed E-state index contributed by atoms with van der Waals surface area (Å²) in [6, 6.07) is 6.90. The Bertz CT molecular complexity index is 1470. The van der Waals surface area contributed by atoms with Crippen molar-refractivity contribution in [3.05, 3.63) is 56.9 Å². The van der Waals surface area contributed by atoms with Gasteiger partial charge in [0, 0.05) is 34.7 Å². The molecule has 9 heteroatoms. The molecule has 2 aliphatic heterocycles. The zero-order valence-corrected chi connectivity index (χ0v) is 20.1. The van der Waals surface area contributed by atoms with Crippen molar-refractivity contribution in [3.63, 3.8) is 0 Å². The lowest BCUT2D eigenvalue weighted by atomic mass is 9.86. The van der Waals surface area contributed by atoms with E-state index in [2.05, 4.69) is 5.16 Å². The number of aliphatic hydroxyl groups is 1. The number of aromatic nitrogens is 2. The Kier molecular flexibility index (Phi) is 5.21. The number of hydrogen-bond donors (Lipinski definition) is 2. The SMILES string of the molecule is CC[C@@]1(O)C(=O)OCc2c1cc1n(c2=O)Cc2cc3c(C/C=N/OC(C)(C)C)c(O)ccc3nc2-1. The first-order valence-corrected chi connectivity index (χ1v) is 11.5. The quantitative estimate of drug-likeness (QED) is 0.263. The fourth-order valence-electron chi connectivity index (χ4n) is 4.64. The van der Waals surface area contributed by atoms with Crippen LogP contribution in [0, 0.1) is 0 Å². The minimum absolute atomic E-state index is 0.0862. The van der Waals surface area contributed by atoms with Crippen LogP contribution in [0.2, 0.25) is 0 Å². The van der Waals surface area contributed by atoms with Gasteiger partial charge in [0.25, 0.3) is 5.56 Å². The highest BCUT2D eigenvalue weighted by atomic mass is 16.6. The Labute approximate surface area is 201 Å². The highest BCUT2D eigenvalue weighted by molar-refractivity contribution is 5.90. The number of aromatic hydroxyl groups is 1. The van der Waals surface area contributed by atoms with Gasteiger partial charge in [0.15, 0.2) is 5.60 Å². The van der Waals surface area contributed by atoms with Crippen LogP contribution in [0.5, 0.6) is 5.75 Å². The minimum atomic E-state index is -1.87. The standard InChI is InChI=1S/C26H27N3O6/c1-5-26(33)18-11-20-22-14(12-29(20)23(31)17(18)13-34-24(26)32)10-16-15(8-9-27-35-25(2,3)4)21(30)7-6-19(16)28-22/h6-7,9-11,30,33H,5,8,12-13H2,1-4H3/b27-9+/t26-/m0/s1. The number of carbonyl (C=O) groups is 1. The first-order valence-electron chi connectivity index (χ1n) is 11.5. The first kappa shape index (κ1) is 23.0. The fourth-order valence-corrected chi connectivity index (χ4v) is 4.64. The highest BCUT2D eigenvalue weighted by Gasteiger charge is 2.45. The van der Waals surface area contributed by atoms with Crippen molar-refractivity contribution in [2.24, 2.45) is 5.16 Å². The fraction of sp³-hybridized carbons (Fsp3) is 0.385. The molecule has 0 saturated heterocycles. The highest BCUT2D eigenvalue weighted by Crippen LogP contribution is 2.39. The molecule has 0 radical (unpaired) electrons. The largest absolute Gasteiger partial charge is 0.508 e. The van der Waals surface area contributed by atoms with E-state index in [9.17, 15) is 19.8 Å². The zero-order valence-electron chi connectivity index (χ0n) is 20.1. The van der Waals surface area contributed by atoms with Crippen LogP contribution in [-0.2, 0) is 39.5 Å². The van der Waals surface area contributed by atoms with Gasteiger partial charge in [-0.15, -0.1) is 0 Å². The van der Waals surface area contributed by atoms with E-state index in [0.29, 0.717) is 28.9 Å². The third-order valence-corrected chi connectivity index (χ3v) is 6.47. The maximum absolute atomic E-state index is 13.3. The van der Waals surface area contributed by atoms with Crippen LogP contribution in [0.15, 0.2) is 34.2 Å². The molecular weight excluding hydrogens is 450 g/mol. The number of oxime groups is 1. The van der Waals surface area contributed by atoms with Crippen LogP contribution < -0.4 is 5.56 Å². The van der Waals surface area contributed by atoms with E-state index in [0.717, 1.165) is 10.9 Å². The van der Waals surface area contributed by atoms with Crippen LogP contribution >= 0.6 is 0 Å². The Morgan fingerprint density at radius 1 is 1.29 bits per heavy atom. The van der Waals surface area contributed by atoms with E-state index in [-0.39, 0.29) is 42.0 Å². The molecule has 0 aliphatic carbocycles. The number of phenolic OH excluding ortho intramolecular Hbond substituents is 1. The van der Waals surface area contributed by atoms with E-state index in [1.807, 2.05) is 26.8 Å². The van der Waals surface area contributed by atoms with Gasteiger partial charge in [-0.3, -0.25) is 4.79 Å². The van der Waals surface area contributed by atoms with E-state index >= 15 is 0 Å². The molecule has 5 rings (SSSR count). The van der Waals surface area contributed by atoms with Crippen LogP contribution in [0.3, 0.4) is 0 Å². The summed E-state index contributed by atoms with van der Waals surface area (Å²) in [6.45, 7) is 7.48. The molecule has 35 heavy (non-hydrogen) atoms. The maximum atomic E-state index is 13.3. The van der Waals surface area contributed by atoms with E-state index in [4.69, 9.17) is 14.6 Å². The lowest BCUT2D eigenvalue weighted by Crippen LogP contribution is -2.44. The number of phenols is 1. The van der Waals surface area contributed by atoms with Crippen molar-refractivity contribution in [1.82, 2.24) is 9.55 Å². The van der Waals surface area contributed by atoms with Gasteiger partial charge < -0.3 is 24.4 Å². The van der Waals surface area contributed by atoms with Gasteiger partial charge in [-0.05, 0) is 51.5 Å². The monoisotopic (exact) mass is 477 g/mol. The van der Waals surface area contributed by atoms with E-state index in [1.165, 1.54) is 0 Å². The average molecular weight is 478 g/mol. The number of carbonyl (C=O) groups excluding carboxylic acids is 1. The minimum Gasteiger partial charge on any atom is -0.508 e. The predicted molar refractivity (Wildman–Crippen MR) is 129 cm³/mol. The molecule has 0 amide bonds. The molecule has 0 unspecified atom stereocenters. The molecule has 0 fully saturated rings. The van der Waals surface area contributed by atoms with Gasteiger partial charge in [0.05, 0.1) is 29.0 Å². The second-order valence-corrected chi connectivity index (χ2v) is 9.92. The molecule has 0 bridgehead atoms. The molecule has 1 atom stereocenters. The lowest BCUT2D eigenvalue weighted by molar-refractivity contribution is -0.172. The van der Waals surface area contributed by atoms with E-state index < -0.39 is 17.2 Å². The van der Waals surface area contributed by atoms with Crippen LogP contribution in [0.1, 0.15) is 56.4 Å². The molecule has 2 aliphatic rings. The smallest absolute Gasteiger partial charge is 0.343 e. The van der Waals surface area contributed by atoms with Gasteiger partial charge in [0.1, 0.15) is 18.0 Å². The Morgan fingerprint density at radius 2 is 2.06 bits per heavy atom. The topological polar surface area (TPSA) is 123 Å². The Hall–Kier alpha value is -3.72. The van der Waals surface area contributed by atoms with Crippen molar-refractivity contribution in [1.29, 1.82) is 0 Å². The zero-order chi connectivity index (χ0) is 25.1. The van der Waals surface area contributed by atoms with Crippen LogP contribution in [0.25, 0.3) is 22.3 Å². The molecule has 1 aromatic carbocycles. The third kappa shape index (κ3) is 3.67. The molecule has 2 N–H and O–H groups in total. The summed E-state index contributed by atoms with van der Waals surface area (Å²) in [5, 5.41) is 26.3. The summed E-state index contributed by atoms with van der Waals surface area (Å²) < 4.78 is 6.71. The number of nitrogens with zero attached hydrogens (tertiary/aromatic N) is 3. The number of hydrogen-bond acceptors (Lipinski definition) is 8.